The molecule has 0 fully saturated rings. The third-order valence-corrected chi connectivity index (χ3v) is 5.19. The number of aromatic hydroxyl groups is 1. The third kappa shape index (κ3) is 5.03. The minimum Gasteiger partial charge on any atom is -0.503 e. The predicted octanol–water partition coefficient (Wildman–Crippen LogP) is 3.82. The van der Waals surface area contributed by atoms with E-state index in [1.54, 1.807) is 0 Å². The van der Waals surface area contributed by atoms with Gasteiger partial charge in [0, 0.05) is 22.7 Å². The average molecular weight is 500 g/mol. The Morgan fingerprint density at radius 3 is 2.29 bits per heavy atom. The molecule has 13 heteroatoms. The summed E-state index contributed by atoms with van der Waals surface area (Å²) < 4.78 is 70.9. The fraction of sp³-hybridized carbons (Fsp3) is 0.227. The van der Waals surface area contributed by atoms with E-state index in [1.807, 2.05) is 0 Å². The van der Waals surface area contributed by atoms with Gasteiger partial charge in [-0.2, -0.15) is 0 Å². The molecule has 0 saturated heterocycles. The lowest BCUT2D eigenvalue weighted by Gasteiger charge is -2.13. The molecule has 0 aliphatic carbocycles. The van der Waals surface area contributed by atoms with E-state index in [2.05, 4.69) is 10.1 Å². The number of rotatable bonds is 6. The van der Waals surface area contributed by atoms with E-state index in [-0.39, 0.29) is 22.3 Å². The molecule has 0 spiro atoms. The summed E-state index contributed by atoms with van der Waals surface area (Å²) in [6, 6.07) is 4.43. The molecule has 3 rings (SSSR count). The maximum Gasteiger partial charge on any atom is 0.573 e. The number of ether oxygens (including phenoxy) is 1. The molecule has 2 aromatic carbocycles. The van der Waals surface area contributed by atoms with E-state index in [0.29, 0.717) is 6.07 Å². The molecule has 0 aliphatic rings. The lowest BCUT2D eigenvalue weighted by molar-refractivity contribution is -0.274. The van der Waals surface area contributed by atoms with Crippen LogP contribution in [0.4, 0.5) is 22.0 Å². The Kier molecular flexibility index (Phi) is 6.72. The molecule has 0 saturated carbocycles. The van der Waals surface area contributed by atoms with E-state index in [1.165, 1.54) is 13.8 Å². The summed E-state index contributed by atoms with van der Waals surface area (Å²) in [6.45, 7) is 1.86. The summed E-state index contributed by atoms with van der Waals surface area (Å²) in [6.07, 6.45) is -4.96. The molecule has 1 amide bonds. The van der Waals surface area contributed by atoms with Crippen LogP contribution in [0.25, 0.3) is 10.9 Å². The number of nitrogens with one attached hydrogen (secondary N) is 1. The largest absolute Gasteiger partial charge is 0.573 e. The second-order valence-corrected chi connectivity index (χ2v) is 7.46. The molecule has 186 valence electrons. The molecule has 1 atom stereocenters. The number of amides is 1. The van der Waals surface area contributed by atoms with Crippen LogP contribution in [0.5, 0.6) is 11.5 Å². The molecular formula is C22H17F5N2O6. The Morgan fingerprint density at radius 2 is 1.74 bits per heavy atom. The van der Waals surface area contributed by atoms with Crippen LogP contribution in [-0.4, -0.2) is 45.5 Å². The number of carbonyl (C=O) groups excluding carboxylic acids is 2. The average Bonchev–Trinajstić information content (AvgIpc) is 3.05. The minimum absolute atomic E-state index is 0.0394. The van der Waals surface area contributed by atoms with E-state index in [0.717, 1.165) is 28.8 Å². The van der Waals surface area contributed by atoms with Crippen LogP contribution in [0.2, 0.25) is 0 Å². The number of halogens is 5. The predicted molar refractivity (Wildman–Crippen MR) is 110 cm³/mol. The molecular weight excluding hydrogens is 483 g/mol. The number of hydrogen-bond donors (Lipinski definition) is 3. The number of carbonyl (C=O) groups is 3. The van der Waals surface area contributed by atoms with Gasteiger partial charge in [0.15, 0.2) is 17.4 Å². The standard InChI is InChI=1S/C22H17F5N2O6/c1-9(20(33)28-8-15(30)31)16-10(2)29(14-7-13(23)19(32)18(24)17(14)16)21(34)11-3-5-12(6-4-11)35-22(25,26)27/h3-7,9,32H,8H2,1-2H3,(H,28,33)(H,30,31)/t9-/m0/s1. The second-order valence-electron chi connectivity index (χ2n) is 7.46. The van der Waals surface area contributed by atoms with E-state index < -0.39 is 65.1 Å². The highest BCUT2D eigenvalue weighted by Crippen LogP contribution is 2.38. The van der Waals surface area contributed by atoms with Crippen molar-refractivity contribution < 1.29 is 51.3 Å². The van der Waals surface area contributed by atoms with Crippen molar-refractivity contribution in [2.24, 2.45) is 0 Å². The summed E-state index contributed by atoms with van der Waals surface area (Å²) >= 11 is 0. The lowest BCUT2D eigenvalue weighted by Crippen LogP contribution is -2.32. The van der Waals surface area contributed by atoms with E-state index in [4.69, 9.17) is 5.11 Å². The molecule has 0 aliphatic heterocycles. The van der Waals surface area contributed by atoms with Gasteiger partial charge in [-0.25, -0.2) is 8.78 Å². The van der Waals surface area contributed by atoms with Crippen LogP contribution in [-0.2, 0) is 9.59 Å². The van der Waals surface area contributed by atoms with Gasteiger partial charge in [-0.15, -0.1) is 13.2 Å². The first-order valence-electron chi connectivity index (χ1n) is 9.84. The van der Waals surface area contributed by atoms with Crippen molar-refractivity contribution in [1.29, 1.82) is 0 Å². The summed E-state index contributed by atoms with van der Waals surface area (Å²) in [4.78, 5) is 36.5. The van der Waals surface area contributed by atoms with Crippen molar-refractivity contribution >= 4 is 28.7 Å². The number of hydrogen-bond acceptors (Lipinski definition) is 5. The van der Waals surface area contributed by atoms with Gasteiger partial charge >= 0.3 is 12.3 Å². The van der Waals surface area contributed by atoms with Crippen LogP contribution in [0.15, 0.2) is 30.3 Å². The van der Waals surface area contributed by atoms with Crippen molar-refractivity contribution in [3.63, 3.8) is 0 Å². The zero-order valence-corrected chi connectivity index (χ0v) is 18.0. The molecule has 8 nitrogen and oxygen atoms in total. The Morgan fingerprint density at radius 1 is 1.14 bits per heavy atom. The fourth-order valence-electron chi connectivity index (χ4n) is 3.68. The minimum atomic E-state index is -4.96. The zero-order chi connectivity index (χ0) is 26.2. The summed E-state index contributed by atoms with van der Waals surface area (Å²) in [7, 11) is 0. The topological polar surface area (TPSA) is 118 Å². The SMILES string of the molecule is Cc1c([C@H](C)C(=O)NCC(=O)O)c2c(F)c(O)c(F)cc2n1C(=O)c1ccc(OC(F)(F)F)cc1. The second kappa shape index (κ2) is 9.24. The van der Waals surface area contributed by atoms with E-state index >= 15 is 0 Å². The monoisotopic (exact) mass is 500 g/mol. The van der Waals surface area contributed by atoms with Crippen molar-refractivity contribution in [2.75, 3.05) is 6.54 Å². The Bertz CT molecular complexity index is 1330. The first-order chi connectivity index (χ1) is 16.2. The number of fused-ring (bicyclic) bond motifs is 1. The van der Waals surface area contributed by atoms with Gasteiger partial charge in [-0.3, -0.25) is 19.0 Å². The van der Waals surface area contributed by atoms with Crippen LogP contribution < -0.4 is 10.1 Å². The lowest BCUT2D eigenvalue weighted by atomic mass is 9.96. The Balaban J connectivity index is 2.16. The molecule has 3 N–H and O–H groups in total. The van der Waals surface area contributed by atoms with Gasteiger partial charge in [0.2, 0.25) is 5.91 Å². The van der Waals surface area contributed by atoms with E-state index in [9.17, 15) is 41.4 Å². The molecule has 3 aromatic rings. The van der Waals surface area contributed by atoms with Gasteiger partial charge < -0.3 is 20.3 Å². The number of carboxylic acids is 1. The first kappa shape index (κ1) is 25.5. The van der Waals surface area contributed by atoms with Crippen molar-refractivity contribution in [1.82, 2.24) is 9.88 Å². The van der Waals surface area contributed by atoms with Gasteiger partial charge in [0.25, 0.3) is 5.91 Å². The van der Waals surface area contributed by atoms with Crippen molar-refractivity contribution in [3.05, 3.63) is 58.8 Å². The highest BCUT2D eigenvalue weighted by molar-refractivity contribution is 6.06. The number of phenolic OH excluding ortho intramolecular Hbond substituents is 1. The molecule has 35 heavy (non-hydrogen) atoms. The van der Waals surface area contributed by atoms with Crippen LogP contribution in [0.1, 0.15) is 34.5 Å². The molecule has 0 radical (unpaired) electrons. The van der Waals surface area contributed by atoms with Crippen LogP contribution >= 0.6 is 0 Å². The summed E-state index contributed by atoms with van der Waals surface area (Å²) in [5.74, 6) is -9.14. The van der Waals surface area contributed by atoms with Gasteiger partial charge in [-0.1, -0.05) is 0 Å². The number of nitrogens with zero attached hydrogens (tertiary/aromatic N) is 1. The maximum absolute atomic E-state index is 15.0. The van der Waals surface area contributed by atoms with Crippen LogP contribution in [0, 0.1) is 18.6 Å². The summed E-state index contributed by atoms with van der Waals surface area (Å²) in [5.41, 5.74) is -0.699. The number of aromatic nitrogens is 1. The Labute approximate surface area is 193 Å². The number of alkyl halides is 3. The van der Waals surface area contributed by atoms with Crippen molar-refractivity contribution in [3.8, 4) is 11.5 Å². The Hall–Kier alpha value is -4.16. The fourth-order valence-corrected chi connectivity index (χ4v) is 3.68. The quantitative estimate of drug-likeness (QED) is 0.443. The number of benzene rings is 2. The highest BCUT2D eigenvalue weighted by Gasteiger charge is 2.32. The molecule has 0 unspecified atom stereocenters. The molecule has 1 heterocycles. The number of aliphatic carboxylic acids is 1. The number of carboxylic acid groups (broad SMARTS) is 1. The molecule has 1 aromatic heterocycles. The third-order valence-electron chi connectivity index (χ3n) is 5.19. The highest BCUT2D eigenvalue weighted by atomic mass is 19.4. The zero-order valence-electron chi connectivity index (χ0n) is 18.0. The smallest absolute Gasteiger partial charge is 0.503 e. The van der Waals surface area contributed by atoms with Gasteiger partial charge in [0.1, 0.15) is 12.3 Å². The molecule has 0 bridgehead atoms. The maximum atomic E-state index is 15.0. The van der Waals surface area contributed by atoms with Crippen LogP contribution in [0.3, 0.4) is 0 Å². The first-order valence-corrected chi connectivity index (χ1v) is 9.84. The van der Waals surface area contributed by atoms with Gasteiger partial charge in [-0.05, 0) is 43.7 Å². The number of phenols is 1. The normalized spacial score (nSPS) is 12.4. The summed E-state index contributed by atoms with van der Waals surface area (Å²) in [5, 5.41) is 20.2. The van der Waals surface area contributed by atoms with Crippen molar-refractivity contribution in [2.45, 2.75) is 26.1 Å². The van der Waals surface area contributed by atoms with Gasteiger partial charge in [0.05, 0.1) is 11.4 Å².